The minimum Gasteiger partial charge on any atom is -0.356 e. The van der Waals surface area contributed by atoms with Crippen molar-refractivity contribution >= 4 is 17.8 Å². The predicted octanol–water partition coefficient (Wildman–Crippen LogP) is 2.55. The molecular formula is C21H38N4O3. The molecule has 0 radical (unpaired) electrons. The van der Waals surface area contributed by atoms with E-state index in [1.54, 1.807) is 0 Å². The van der Waals surface area contributed by atoms with Crippen molar-refractivity contribution in [2.75, 3.05) is 19.6 Å². The maximum atomic E-state index is 12.5. The Hall–Kier alpha value is -1.63. The van der Waals surface area contributed by atoms with Crippen LogP contribution in [0.3, 0.4) is 0 Å². The first-order valence-corrected chi connectivity index (χ1v) is 11.1. The van der Waals surface area contributed by atoms with Crippen LogP contribution in [0.1, 0.15) is 78.1 Å². The Morgan fingerprint density at radius 2 is 1.79 bits per heavy atom. The molecule has 0 aromatic heterocycles. The molecule has 1 saturated heterocycles. The van der Waals surface area contributed by atoms with Gasteiger partial charge in [0.05, 0.1) is 12.0 Å². The number of hydrogen-bond donors (Lipinski definition) is 3. The number of hydrogen-bond acceptors (Lipinski definition) is 4. The van der Waals surface area contributed by atoms with Crippen LogP contribution in [0.2, 0.25) is 0 Å². The first-order chi connectivity index (χ1) is 13.5. The van der Waals surface area contributed by atoms with Gasteiger partial charge in [0.2, 0.25) is 11.8 Å². The molecular weight excluding hydrogens is 356 g/mol. The average Bonchev–Trinajstić information content (AvgIpc) is 3.19. The minimum absolute atomic E-state index is 0.0810. The molecule has 0 aromatic rings. The van der Waals surface area contributed by atoms with Crippen molar-refractivity contribution in [2.24, 2.45) is 5.92 Å². The largest absolute Gasteiger partial charge is 0.356 e. The summed E-state index contributed by atoms with van der Waals surface area (Å²) in [5.74, 6) is -0.286. The highest BCUT2D eigenvalue weighted by Crippen LogP contribution is 2.19. The second-order valence-corrected chi connectivity index (χ2v) is 8.31. The molecule has 7 nitrogen and oxygen atoms in total. The fourth-order valence-electron chi connectivity index (χ4n) is 4.15. The standard InChI is InChI=1S/C21H38N4O3/c1-3-4-5-8-13-22-20(27)17-10-9-14-25(15-17)16(2)19(26)24-21(28)23-18-11-6-7-12-18/h16-18H,3-15H2,1-2H3,(H,22,27)(H2,23,24,26,28)/t16-,17-/m0/s1. The van der Waals surface area contributed by atoms with Gasteiger partial charge in [-0.05, 0) is 45.6 Å². The van der Waals surface area contributed by atoms with Crippen LogP contribution in [0.5, 0.6) is 0 Å². The second kappa shape index (κ2) is 12.0. The summed E-state index contributed by atoms with van der Waals surface area (Å²) in [5.41, 5.74) is 0. The number of carbonyl (C=O) groups is 3. The van der Waals surface area contributed by atoms with Gasteiger partial charge in [-0.25, -0.2) is 4.79 Å². The van der Waals surface area contributed by atoms with Gasteiger partial charge in [0, 0.05) is 19.1 Å². The van der Waals surface area contributed by atoms with Gasteiger partial charge < -0.3 is 10.6 Å². The van der Waals surface area contributed by atoms with Crippen LogP contribution in [0.25, 0.3) is 0 Å². The first-order valence-electron chi connectivity index (χ1n) is 11.1. The van der Waals surface area contributed by atoms with Crippen LogP contribution < -0.4 is 16.0 Å². The van der Waals surface area contributed by atoms with Gasteiger partial charge in [0.1, 0.15) is 0 Å². The summed E-state index contributed by atoms with van der Waals surface area (Å²) in [6.45, 7) is 6.06. The number of nitrogens with one attached hydrogen (secondary N) is 3. The lowest BCUT2D eigenvalue weighted by molar-refractivity contribution is -0.130. The number of rotatable bonds is 9. The highest BCUT2D eigenvalue weighted by Gasteiger charge is 2.31. The maximum absolute atomic E-state index is 12.5. The van der Waals surface area contributed by atoms with E-state index in [1.807, 2.05) is 11.8 Å². The third-order valence-electron chi connectivity index (χ3n) is 6.01. The van der Waals surface area contributed by atoms with Crippen molar-refractivity contribution in [3.63, 3.8) is 0 Å². The van der Waals surface area contributed by atoms with Crippen molar-refractivity contribution in [3.8, 4) is 0 Å². The fraction of sp³-hybridized carbons (Fsp3) is 0.857. The third kappa shape index (κ3) is 7.41. The van der Waals surface area contributed by atoms with Crippen LogP contribution in [-0.4, -0.2) is 54.5 Å². The number of piperidine rings is 1. The van der Waals surface area contributed by atoms with Crippen LogP contribution in [-0.2, 0) is 9.59 Å². The molecule has 7 heteroatoms. The average molecular weight is 395 g/mol. The van der Waals surface area contributed by atoms with E-state index in [4.69, 9.17) is 0 Å². The Morgan fingerprint density at radius 1 is 1.04 bits per heavy atom. The van der Waals surface area contributed by atoms with Crippen LogP contribution >= 0.6 is 0 Å². The summed E-state index contributed by atoms with van der Waals surface area (Å²) in [6, 6.07) is -0.639. The molecule has 4 amide bonds. The molecule has 1 heterocycles. The number of carbonyl (C=O) groups excluding carboxylic acids is 3. The number of imide groups is 1. The zero-order chi connectivity index (χ0) is 20.4. The third-order valence-corrected chi connectivity index (χ3v) is 6.01. The SMILES string of the molecule is CCCCCCNC(=O)[C@H]1CCCN([C@@H](C)C(=O)NC(=O)NC2CCCC2)C1. The van der Waals surface area contributed by atoms with E-state index in [-0.39, 0.29) is 23.8 Å². The van der Waals surface area contributed by atoms with Crippen LogP contribution in [0.4, 0.5) is 4.79 Å². The van der Waals surface area contributed by atoms with E-state index < -0.39 is 12.1 Å². The summed E-state index contributed by atoms with van der Waals surface area (Å²) < 4.78 is 0. The lowest BCUT2D eigenvalue weighted by Crippen LogP contribution is -2.54. The van der Waals surface area contributed by atoms with Crippen LogP contribution in [0, 0.1) is 5.92 Å². The van der Waals surface area contributed by atoms with Gasteiger partial charge >= 0.3 is 6.03 Å². The molecule has 2 fully saturated rings. The maximum Gasteiger partial charge on any atom is 0.321 e. The molecule has 0 spiro atoms. The molecule has 0 unspecified atom stereocenters. The first kappa shape index (κ1) is 22.7. The molecule has 2 rings (SSSR count). The van der Waals surface area contributed by atoms with Crippen molar-refractivity contribution in [3.05, 3.63) is 0 Å². The lowest BCUT2D eigenvalue weighted by atomic mass is 9.95. The van der Waals surface area contributed by atoms with Crippen molar-refractivity contribution in [1.29, 1.82) is 0 Å². The van der Waals surface area contributed by atoms with Crippen molar-refractivity contribution in [2.45, 2.75) is 90.1 Å². The summed E-state index contributed by atoms with van der Waals surface area (Å²) in [6.07, 6.45) is 10.5. The fourth-order valence-corrected chi connectivity index (χ4v) is 4.15. The quantitative estimate of drug-likeness (QED) is 0.524. The molecule has 1 saturated carbocycles. The van der Waals surface area contributed by atoms with Gasteiger partial charge in [-0.2, -0.15) is 0 Å². The zero-order valence-electron chi connectivity index (χ0n) is 17.6. The zero-order valence-corrected chi connectivity index (χ0v) is 17.6. The molecule has 28 heavy (non-hydrogen) atoms. The van der Waals surface area contributed by atoms with E-state index in [0.717, 1.165) is 64.5 Å². The van der Waals surface area contributed by atoms with Gasteiger partial charge in [-0.1, -0.05) is 39.0 Å². The second-order valence-electron chi connectivity index (χ2n) is 8.31. The molecule has 3 N–H and O–H groups in total. The number of amides is 4. The summed E-state index contributed by atoms with van der Waals surface area (Å²) in [4.78, 5) is 39.0. The minimum atomic E-state index is -0.422. The number of urea groups is 1. The summed E-state index contributed by atoms with van der Waals surface area (Å²) in [5, 5.41) is 8.39. The van der Waals surface area contributed by atoms with E-state index in [0.29, 0.717) is 6.54 Å². The van der Waals surface area contributed by atoms with Gasteiger partial charge in [0.15, 0.2) is 0 Å². The summed E-state index contributed by atoms with van der Waals surface area (Å²) >= 11 is 0. The Balaban J connectivity index is 1.72. The van der Waals surface area contributed by atoms with E-state index >= 15 is 0 Å². The Kier molecular flexibility index (Phi) is 9.75. The lowest BCUT2D eigenvalue weighted by Gasteiger charge is -2.35. The molecule has 1 aliphatic heterocycles. The smallest absolute Gasteiger partial charge is 0.321 e. The summed E-state index contributed by atoms with van der Waals surface area (Å²) in [7, 11) is 0. The Bertz CT molecular complexity index is 520. The monoisotopic (exact) mass is 394 g/mol. The predicted molar refractivity (Wildman–Crippen MR) is 110 cm³/mol. The topological polar surface area (TPSA) is 90.5 Å². The molecule has 0 aromatic carbocycles. The van der Waals surface area contributed by atoms with E-state index in [1.165, 1.54) is 12.8 Å². The van der Waals surface area contributed by atoms with Crippen LogP contribution in [0.15, 0.2) is 0 Å². The normalized spacial score (nSPS) is 21.9. The number of nitrogens with zero attached hydrogens (tertiary/aromatic N) is 1. The molecule has 2 atom stereocenters. The highest BCUT2D eigenvalue weighted by molar-refractivity contribution is 5.97. The van der Waals surface area contributed by atoms with E-state index in [2.05, 4.69) is 22.9 Å². The number of likely N-dealkylation sites (tertiary alicyclic amines) is 1. The van der Waals surface area contributed by atoms with Crippen molar-refractivity contribution < 1.29 is 14.4 Å². The van der Waals surface area contributed by atoms with Crippen molar-refractivity contribution in [1.82, 2.24) is 20.9 Å². The van der Waals surface area contributed by atoms with Gasteiger partial charge in [0.25, 0.3) is 0 Å². The highest BCUT2D eigenvalue weighted by atomic mass is 16.2. The Morgan fingerprint density at radius 3 is 2.50 bits per heavy atom. The Labute approximate surface area is 169 Å². The van der Waals surface area contributed by atoms with Gasteiger partial charge in [-0.15, -0.1) is 0 Å². The number of unbranched alkanes of at least 4 members (excludes halogenated alkanes) is 3. The molecule has 0 bridgehead atoms. The molecule has 1 aliphatic carbocycles. The van der Waals surface area contributed by atoms with Gasteiger partial charge in [-0.3, -0.25) is 19.8 Å². The van der Waals surface area contributed by atoms with E-state index in [9.17, 15) is 14.4 Å². The molecule has 160 valence electrons. The molecule has 2 aliphatic rings.